The summed E-state index contributed by atoms with van der Waals surface area (Å²) in [6.07, 6.45) is 5.41. The second-order valence-corrected chi connectivity index (χ2v) is 8.13. The van der Waals surface area contributed by atoms with Crippen molar-refractivity contribution in [2.75, 3.05) is 12.0 Å². The van der Waals surface area contributed by atoms with Crippen molar-refractivity contribution in [3.63, 3.8) is 0 Å². The molecule has 134 valence electrons. The Morgan fingerprint density at radius 3 is 2.85 bits per heavy atom. The summed E-state index contributed by atoms with van der Waals surface area (Å²) >= 11 is 7.88. The maximum atomic E-state index is 12.7. The summed E-state index contributed by atoms with van der Waals surface area (Å²) in [5.74, 6) is -0.825. The van der Waals surface area contributed by atoms with Crippen LogP contribution < -0.4 is 0 Å². The van der Waals surface area contributed by atoms with Gasteiger partial charge in [0.2, 0.25) is 0 Å². The molecule has 1 amide bonds. The number of carboxylic acids is 1. The molecule has 1 aliphatic heterocycles. The molecule has 0 saturated carbocycles. The van der Waals surface area contributed by atoms with E-state index < -0.39 is 17.9 Å². The van der Waals surface area contributed by atoms with Crippen LogP contribution in [0.4, 0.5) is 0 Å². The van der Waals surface area contributed by atoms with Crippen LogP contribution in [0.3, 0.4) is 0 Å². The quantitative estimate of drug-likeness (QED) is 0.580. The fraction of sp³-hybridized carbons (Fsp3) is 0.235. The summed E-state index contributed by atoms with van der Waals surface area (Å²) in [6.45, 7) is 0. The molecule has 0 radical (unpaired) electrons. The Hall–Kier alpha value is -1.97. The molecular weight excluding hydrogens is 390 g/mol. The van der Waals surface area contributed by atoms with Crippen LogP contribution in [0, 0.1) is 0 Å². The van der Waals surface area contributed by atoms with E-state index in [2.05, 4.69) is 9.97 Å². The minimum absolute atomic E-state index is 0.253. The average molecular weight is 406 g/mol. The Kier molecular flexibility index (Phi) is 5.90. The lowest BCUT2D eigenvalue weighted by Gasteiger charge is -2.22. The van der Waals surface area contributed by atoms with Gasteiger partial charge in [-0.25, -0.2) is 9.78 Å². The van der Waals surface area contributed by atoms with Crippen molar-refractivity contribution in [2.24, 2.45) is 0 Å². The molecule has 0 bridgehead atoms. The molecule has 6 nitrogen and oxygen atoms in total. The predicted molar refractivity (Wildman–Crippen MR) is 109 cm³/mol. The van der Waals surface area contributed by atoms with Crippen LogP contribution in [0.25, 0.3) is 17.1 Å². The third-order valence-corrected chi connectivity index (χ3v) is 5.74. The fourth-order valence-electron chi connectivity index (χ4n) is 2.52. The van der Waals surface area contributed by atoms with Crippen molar-refractivity contribution >= 4 is 69.0 Å². The highest BCUT2D eigenvalue weighted by Gasteiger charge is 2.40. The van der Waals surface area contributed by atoms with Crippen LogP contribution in [0.5, 0.6) is 0 Å². The molecule has 0 unspecified atom stereocenters. The zero-order chi connectivity index (χ0) is 18.7. The van der Waals surface area contributed by atoms with Crippen molar-refractivity contribution in [1.29, 1.82) is 0 Å². The number of carbonyl (C=O) groups excluding carboxylic acids is 1. The lowest BCUT2D eigenvalue weighted by molar-refractivity contribution is -0.145. The summed E-state index contributed by atoms with van der Waals surface area (Å²) in [6, 6.07) is 6.48. The maximum absolute atomic E-state index is 12.7. The van der Waals surface area contributed by atoms with Gasteiger partial charge < -0.3 is 5.11 Å². The van der Waals surface area contributed by atoms with Crippen molar-refractivity contribution in [3.05, 3.63) is 41.1 Å². The minimum Gasteiger partial charge on any atom is -0.480 e. The average Bonchev–Trinajstić information content (AvgIpc) is 2.89. The van der Waals surface area contributed by atoms with E-state index in [0.29, 0.717) is 22.8 Å². The molecule has 1 aliphatic rings. The van der Waals surface area contributed by atoms with Crippen molar-refractivity contribution < 1.29 is 14.7 Å². The number of hydrogen-bond donors (Lipinski definition) is 1. The van der Waals surface area contributed by atoms with Crippen LogP contribution in [0.2, 0.25) is 0 Å². The first-order chi connectivity index (χ1) is 12.5. The van der Waals surface area contributed by atoms with Gasteiger partial charge in [-0.3, -0.25) is 14.7 Å². The van der Waals surface area contributed by atoms with E-state index in [9.17, 15) is 14.7 Å². The van der Waals surface area contributed by atoms with Gasteiger partial charge in [0.25, 0.3) is 5.91 Å². The van der Waals surface area contributed by atoms with E-state index in [1.165, 1.54) is 16.7 Å². The number of fused-ring (bicyclic) bond motifs is 1. The maximum Gasteiger partial charge on any atom is 0.326 e. The molecule has 1 atom stereocenters. The molecule has 26 heavy (non-hydrogen) atoms. The highest BCUT2D eigenvalue weighted by molar-refractivity contribution is 8.26. The van der Waals surface area contributed by atoms with Crippen LogP contribution in [0.1, 0.15) is 12.1 Å². The second kappa shape index (κ2) is 8.15. The minimum atomic E-state index is -1.05. The van der Waals surface area contributed by atoms with Gasteiger partial charge in [-0.15, -0.1) is 0 Å². The number of rotatable bonds is 6. The summed E-state index contributed by atoms with van der Waals surface area (Å²) < 4.78 is 0.253. The fourth-order valence-corrected chi connectivity index (χ4v) is 4.32. The van der Waals surface area contributed by atoms with Crippen LogP contribution in [-0.2, 0) is 9.59 Å². The number of aliphatic carboxylic acids is 1. The van der Waals surface area contributed by atoms with Gasteiger partial charge in [-0.1, -0.05) is 36.1 Å². The van der Waals surface area contributed by atoms with Crippen molar-refractivity contribution in [2.45, 2.75) is 12.5 Å². The van der Waals surface area contributed by atoms with E-state index in [1.807, 2.05) is 30.5 Å². The number of amides is 1. The number of carboxylic acid groups (broad SMARTS) is 1. The Labute approximate surface area is 164 Å². The number of hydrogen-bond acceptors (Lipinski definition) is 7. The Morgan fingerprint density at radius 1 is 1.42 bits per heavy atom. The number of carbonyl (C=O) groups is 2. The van der Waals surface area contributed by atoms with E-state index >= 15 is 0 Å². The SMILES string of the molecule is CSCC[C@H](C(=O)O)N1C(=O)/C(=C\c2cnc3ccccc3n2)SC1=S. The lowest BCUT2D eigenvalue weighted by atomic mass is 10.2. The van der Waals surface area contributed by atoms with E-state index in [0.717, 1.165) is 22.8 Å². The summed E-state index contributed by atoms with van der Waals surface area (Å²) in [7, 11) is 0. The van der Waals surface area contributed by atoms with E-state index in [4.69, 9.17) is 12.2 Å². The number of thiocarbonyl (C=S) groups is 1. The molecule has 1 aromatic heterocycles. The highest BCUT2D eigenvalue weighted by atomic mass is 32.2. The molecule has 1 N–H and O–H groups in total. The third-order valence-electron chi connectivity index (χ3n) is 3.76. The standard InChI is InChI=1S/C17H15N3O3S3/c1-25-7-6-13(16(22)23)20-15(21)14(26-17(20)24)8-10-9-18-11-4-2-3-5-12(11)19-10/h2-5,8-9,13H,6-7H2,1H3,(H,22,23)/b14-8+/t13-/m1/s1. The lowest BCUT2D eigenvalue weighted by Crippen LogP contribution is -2.44. The normalized spacial score (nSPS) is 17.3. The van der Waals surface area contributed by atoms with Crippen LogP contribution in [0.15, 0.2) is 35.4 Å². The van der Waals surface area contributed by atoms with E-state index in [1.54, 1.807) is 12.3 Å². The van der Waals surface area contributed by atoms with E-state index in [-0.39, 0.29) is 4.32 Å². The van der Waals surface area contributed by atoms with Gasteiger partial charge in [0, 0.05) is 0 Å². The second-order valence-electron chi connectivity index (χ2n) is 5.47. The smallest absolute Gasteiger partial charge is 0.326 e. The first-order valence-corrected chi connectivity index (χ1v) is 10.3. The van der Waals surface area contributed by atoms with Crippen molar-refractivity contribution in [3.8, 4) is 0 Å². The molecule has 3 rings (SSSR count). The molecule has 0 aliphatic carbocycles. The van der Waals surface area contributed by atoms with Gasteiger partial charge in [0.05, 0.1) is 27.8 Å². The van der Waals surface area contributed by atoms with Gasteiger partial charge in [0.1, 0.15) is 10.4 Å². The monoisotopic (exact) mass is 405 g/mol. The largest absolute Gasteiger partial charge is 0.480 e. The summed E-state index contributed by atoms with van der Waals surface area (Å²) in [5.41, 5.74) is 2.01. The Bertz CT molecular complexity index is 916. The zero-order valence-electron chi connectivity index (χ0n) is 13.8. The van der Waals surface area contributed by atoms with Crippen LogP contribution >= 0.6 is 35.7 Å². The molecular formula is C17H15N3O3S3. The number of thioether (sulfide) groups is 2. The summed E-state index contributed by atoms with van der Waals surface area (Å²) in [4.78, 5) is 34.6. The predicted octanol–water partition coefficient (Wildman–Crippen LogP) is 3.04. The number of nitrogens with zero attached hydrogens (tertiary/aromatic N) is 3. The van der Waals surface area contributed by atoms with Gasteiger partial charge in [0.15, 0.2) is 0 Å². The summed E-state index contributed by atoms with van der Waals surface area (Å²) in [5, 5.41) is 9.48. The number of para-hydroxylation sites is 2. The Morgan fingerprint density at radius 2 is 2.15 bits per heavy atom. The highest BCUT2D eigenvalue weighted by Crippen LogP contribution is 2.34. The first kappa shape index (κ1) is 18.8. The van der Waals surface area contributed by atoms with Gasteiger partial charge in [-0.2, -0.15) is 11.8 Å². The van der Waals surface area contributed by atoms with Gasteiger partial charge in [-0.05, 0) is 36.6 Å². The van der Waals surface area contributed by atoms with Crippen LogP contribution in [-0.4, -0.2) is 54.2 Å². The Balaban J connectivity index is 1.89. The molecule has 2 aromatic rings. The molecule has 1 saturated heterocycles. The molecule has 0 spiro atoms. The topological polar surface area (TPSA) is 83.4 Å². The van der Waals surface area contributed by atoms with Gasteiger partial charge >= 0.3 is 5.97 Å². The third kappa shape index (κ3) is 3.89. The number of aromatic nitrogens is 2. The molecule has 1 aromatic carbocycles. The van der Waals surface area contributed by atoms with Crippen molar-refractivity contribution in [1.82, 2.24) is 14.9 Å². The first-order valence-electron chi connectivity index (χ1n) is 7.72. The molecule has 2 heterocycles. The number of benzene rings is 1. The zero-order valence-corrected chi connectivity index (χ0v) is 16.2. The molecule has 1 fully saturated rings. The molecule has 9 heteroatoms.